The molecule has 0 saturated carbocycles. The van der Waals surface area contributed by atoms with Crippen molar-refractivity contribution in [1.82, 2.24) is 15.0 Å². The molecule has 0 aliphatic rings. The number of hydrogen-bond donors (Lipinski definition) is 1. The Morgan fingerprint density at radius 2 is 1.67 bits per heavy atom. The van der Waals surface area contributed by atoms with E-state index in [-0.39, 0.29) is 17.3 Å². The Morgan fingerprint density at radius 1 is 1.00 bits per heavy atom. The van der Waals surface area contributed by atoms with Crippen molar-refractivity contribution in [3.8, 4) is 5.69 Å². The molecule has 0 radical (unpaired) electrons. The molecule has 0 fully saturated rings. The smallest absolute Gasteiger partial charge is 0.217 e. The summed E-state index contributed by atoms with van der Waals surface area (Å²) in [5, 5.41) is 8.71. The second kappa shape index (κ2) is 5.38. The maximum Gasteiger partial charge on any atom is 0.217 e. The molecule has 104 valence electrons. The van der Waals surface area contributed by atoms with Gasteiger partial charge in [-0.15, -0.1) is 15.0 Å². The number of anilines is 1. The van der Waals surface area contributed by atoms with E-state index in [4.69, 9.17) is 17.3 Å². The highest BCUT2D eigenvalue weighted by Crippen LogP contribution is 2.20. The summed E-state index contributed by atoms with van der Waals surface area (Å²) in [6.45, 7) is 0. The van der Waals surface area contributed by atoms with Crippen molar-refractivity contribution in [3.05, 3.63) is 70.9 Å². The minimum atomic E-state index is -0.272. The maximum absolute atomic E-state index is 12.4. The van der Waals surface area contributed by atoms with Crippen molar-refractivity contribution in [2.45, 2.75) is 0 Å². The van der Waals surface area contributed by atoms with Gasteiger partial charge in [-0.1, -0.05) is 54.1 Å². The van der Waals surface area contributed by atoms with Crippen molar-refractivity contribution in [2.75, 3.05) is 5.73 Å². The molecule has 0 unspecified atom stereocenters. The van der Waals surface area contributed by atoms with Crippen LogP contribution in [0, 0.1) is 0 Å². The third kappa shape index (κ3) is 2.51. The molecule has 1 aromatic heterocycles. The molecule has 0 spiro atoms. The van der Waals surface area contributed by atoms with E-state index in [9.17, 15) is 4.79 Å². The predicted molar refractivity (Wildman–Crippen MR) is 80.7 cm³/mol. The lowest BCUT2D eigenvalue weighted by atomic mass is 10.1. The molecule has 0 atom stereocenters. The summed E-state index contributed by atoms with van der Waals surface area (Å²) in [6, 6.07) is 15.9. The fourth-order valence-corrected chi connectivity index (χ4v) is 2.14. The summed E-state index contributed by atoms with van der Waals surface area (Å²) < 4.78 is 0. The van der Waals surface area contributed by atoms with E-state index in [2.05, 4.69) is 10.2 Å². The normalized spacial score (nSPS) is 10.5. The van der Waals surface area contributed by atoms with E-state index in [0.717, 1.165) is 0 Å². The number of benzene rings is 2. The zero-order valence-electron chi connectivity index (χ0n) is 10.9. The van der Waals surface area contributed by atoms with Crippen LogP contribution in [0.15, 0.2) is 54.6 Å². The number of nitrogens with zero attached hydrogens (tertiary/aromatic N) is 3. The van der Waals surface area contributed by atoms with Gasteiger partial charge in [0.1, 0.15) is 5.69 Å². The highest BCUT2D eigenvalue weighted by atomic mass is 35.5. The van der Waals surface area contributed by atoms with Crippen LogP contribution in [0.5, 0.6) is 0 Å². The monoisotopic (exact) mass is 298 g/mol. The molecule has 3 aromatic rings. The first-order chi connectivity index (χ1) is 10.2. The van der Waals surface area contributed by atoms with Crippen molar-refractivity contribution in [1.29, 1.82) is 0 Å². The number of rotatable bonds is 3. The van der Waals surface area contributed by atoms with Crippen molar-refractivity contribution >= 4 is 23.2 Å². The third-order valence-electron chi connectivity index (χ3n) is 2.96. The average molecular weight is 299 g/mol. The minimum absolute atomic E-state index is 0.0729. The molecule has 1 heterocycles. The van der Waals surface area contributed by atoms with Gasteiger partial charge in [0.2, 0.25) is 5.78 Å². The number of nitrogen functional groups attached to an aromatic ring is 1. The zero-order valence-corrected chi connectivity index (χ0v) is 11.7. The number of para-hydroxylation sites is 1. The van der Waals surface area contributed by atoms with E-state index in [1.807, 2.05) is 6.07 Å². The van der Waals surface area contributed by atoms with Gasteiger partial charge in [-0.05, 0) is 12.1 Å². The van der Waals surface area contributed by atoms with Crippen molar-refractivity contribution in [3.63, 3.8) is 0 Å². The zero-order chi connectivity index (χ0) is 14.8. The number of nitrogens with two attached hydrogens (primary N) is 1. The summed E-state index contributed by atoms with van der Waals surface area (Å²) in [6.07, 6.45) is 0. The Hall–Kier alpha value is -2.66. The number of halogens is 1. The molecule has 6 heteroatoms. The number of carbonyl (C=O) groups is 1. The molecule has 5 nitrogen and oxygen atoms in total. The Balaban J connectivity index is 2.03. The summed E-state index contributed by atoms with van der Waals surface area (Å²) in [5.74, 6) is -0.199. The number of ketones is 1. The van der Waals surface area contributed by atoms with Crippen LogP contribution in [-0.4, -0.2) is 20.8 Å². The lowest BCUT2D eigenvalue weighted by molar-refractivity contribution is 0.103. The second-order valence-electron chi connectivity index (χ2n) is 4.37. The SMILES string of the molecule is Nc1nn(-c2ccccc2Cl)nc1C(=O)c1ccccc1. The first kappa shape index (κ1) is 13.3. The van der Waals surface area contributed by atoms with Gasteiger partial charge in [-0.2, -0.15) is 0 Å². The lowest BCUT2D eigenvalue weighted by Gasteiger charge is -2.00. The van der Waals surface area contributed by atoms with Gasteiger partial charge >= 0.3 is 0 Å². The van der Waals surface area contributed by atoms with Crippen molar-refractivity contribution in [2.24, 2.45) is 0 Å². The fourth-order valence-electron chi connectivity index (χ4n) is 1.93. The molecular weight excluding hydrogens is 288 g/mol. The fraction of sp³-hybridized carbons (Fsp3) is 0. The van der Waals surface area contributed by atoms with Gasteiger partial charge in [0.25, 0.3) is 0 Å². The minimum Gasteiger partial charge on any atom is -0.380 e. The average Bonchev–Trinajstić information content (AvgIpc) is 2.89. The number of hydrogen-bond acceptors (Lipinski definition) is 4. The first-order valence-corrected chi connectivity index (χ1v) is 6.62. The molecule has 3 rings (SSSR count). The van der Waals surface area contributed by atoms with Gasteiger partial charge in [0.05, 0.1) is 5.02 Å². The Labute approximate surface area is 126 Å². The summed E-state index contributed by atoms with van der Waals surface area (Å²) in [4.78, 5) is 13.6. The van der Waals surface area contributed by atoms with Crippen LogP contribution in [0.4, 0.5) is 5.82 Å². The molecule has 0 aliphatic heterocycles. The number of aromatic nitrogens is 3. The highest BCUT2D eigenvalue weighted by molar-refractivity contribution is 6.32. The summed E-state index contributed by atoms with van der Waals surface area (Å²) >= 11 is 6.09. The van der Waals surface area contributed by atoms with E-state index >= 15 is 0 Å². The highest BCUT2D eigenvalue weighted by Gasteiger charge is 2.19. The summed E-state index contributed by atoms with van der Waals surface area (Å²) in [5.41, 5.74) is 7.00. The van der Waals surface area contributed by atoms with Crippen LogP contribution in [0.3, 0.4) is 0 Å². The van der Waals surface area contributed by atoms with Gasteiger partial charge in [-0.3, -0.25) is 4.79 Å². The van der Waals surface area contributed by atoms with E-state index in [0.29, 0.717) is 16.3 Å². The molecule has 0 saturated heterocycles. The van der Waals surface area contributed by atoms with E-state index < -0.39 is 0 Å². The lowest BCUT2D eigenvalue weighted by Crippen LogP contribution is -2.06. The Morgan fingerprint density at radius 3 is 2.38 bits per heavy atom. The number of carbonyl (C=O) groups excluding carboxylic acids is 1. The van der Waals surface area contributed by atoms with E-state index in [1.165, 1.54) is 4.80 Å². The third-order valence-corrected chi connectivity index (χ3v) is 3.28. The van der Waals surface area contributed by atoms with Crippen LogP contribution in [0.2, 0.25) is 5.02 Å². The van der Waals surface area contributed by atoms with Crippen LogP contribution in [0.1, 0.15) is 16.1 Å². The van der Waals surface area contributed by atoms with Gasteiger partial charge in [0.15, 0.2) is 11.5 Å². The molecule has 0 bridgehead atoms. The summed E-state index contributed by atoms with van der Waals surface area (Å²) in [7, 11) is 0. The van der Waals surface area contributed by atoms with Gasteiger partial charge in [0, 0.05) is 5.56 Å². The van der Waals surface area contributed by atoms with Crippen LogP contribution in [-0.2, 0) is 0 Å². The van der Waals surface area contributed by atoms with E-state index in [1.54, 1.807) is 48.5 Å². The van der Waals surface area contributed by atoms with Crippen LogP contribution >= 0.6 is 11.6 Å². The van der Waals surface area contributed by atoms with Crippen LogP contribution < -0.4 is 5.73 Å². The van der Waals surface area contributed by atoms with Crippen LogP contribution in [0.25, 0.3) is 5.69 Å². The first-order valence-electron chi connectivity index (χ1n) is 6.24. The Kier molecular flexibility index (Phi) is 3.41. The van der Waals surface area contributed by atoms with Gasteiger partial charge in [-0.25, -0.2) is 0 Å². The standard InChI is InChI=1S/C15H11ClN4O/c16-11-8-4-5-9-12(11)20-18-13(15(17)19-20)14(21)10-6-2-1-3-7-10/h1-9H,(H2,17,19). The maximum atomic E-state index is 12.4. The van der Waals surface area contributed by atoms with Gasteiger partial charge < -0.3 is 5.73 Å². The molecule has 0 aliphatic carbocycles. The topological polar surface area (TPSA) is 73.8 Å². The van der Waals surface area contributed by atoms with Crippen molar-refractivity contribution < 1.29 is 4.79 Å². The largest absolute Gasteiger partial charge is 0.380 e. The molecule has 2 N–H and O–H groups in total. The second-order valence-corrected chi connectivity index (χ2v) is 4.78. The predicted octanol–water partition coefficient (Wildman–Crippen LogP) is 2.73. The molecular formula is C15H11ClN4O. The molecule has 21 heavy (non-hydrogen) atoms. The quantitative estimate of drug-likeness (QED) is 0.755. The molecule has 0 amide bonds. The molecule has 2 aromatic carbocycles. The Bertz CT molecular complexity index is 798.